The van der Waals surface area contributed by atoms with Gasteiger partial charge in [0.15, 0.2) is 41.4 Å². The zero-order valence-corrected chi connectivity index (χ0v) is 45.9. The number of methoxy groups -OCH3 is 2. The lowest BCUT2D eigenvalue weighted by Crippen LogP contribution is -2.45. The third kappa shape index (κ3) is 11.8. The molecule has 4 unspecified atom stereocenters. The molecular weight excluding hydrogens is 1180 g/mol. The average molecular weight is 1230 g/mol. The Bertz CT molecular complexity index is 3830. The first-order valence-electron chi connectivity index (χ1n) is 24.0. The van der Waals surface area contributed by atoms with Crippen LogP contribution in [0, 0.1) is 5.92 Å². The molecule has 3 aliphatic heterocycles. The minimum Gasteiger partial charge on any atom is -0.778 e. The zero-order chi connectivity index (χ0) is 58.8. The largest absolute Gasteiger partial charge is 0.778 e. The van der Waals surface area contributed by atoms with Gasteiger partial charge < -0.3 is 84.9 Å². The summed E-state index contributed by atoms with van der Waals surface area (Å²) in [6.45, 7) is -3.46. The Balaban J connectivity index is 0.825. The van der Waals surface area contributed by atoms with Crippen LogP contribution in [0.2, 0.25) is 0 Å². The molecule has 82 heavy (non-hydrogen) atoms. The Morgan fingerprint density at radius 1 is 0.707 bits per heavy atom. The van der Waals surface area contributed by atoms with Crippen molar-refractivity contribution in [1.82, 2.24) is 53.6 Å². The van der Waals surface area contributed by atoms with Crippen LogP contribution in [0.1, 0.15) is 24.2 Å². The number of imidazole rings is 3. The van der Waals surface area contributed by atoms with Crippen LogP contribution in [0.3, 0.4) is 0 Å². The number of nitrogens with one attached hydrogen (secondary N) is 2. The zero-order valence-electron chi connectivity index (χ0n) is 42.3. The molecule has 38 nitrogen and oxygen atoms in total. The summed E-state index contributed by atoms with van der Waals surface area (Å²) in [5.74, 6) is -1.78. The minimum absolute atomic E-state index is 0.0216. The molecule has 0 amide bonds. The van der Waals surface area contributed by atoms with Crippen LogP contribution in [0.4, 0.5) is 17.7 Å². The van der Waals surface area contributed by atoms with Crippen LogP contribution in [-0.2, 0) is 70.7 Å². The number of phosphoric ester groups is 2. The minimum atomic E-state index is -6.23. The highest BCUT2D eigenvalue weighted by molar-refractivity contribution is 7.66. The number of nitrogen functional groups attached to an aromatic ring is 3. The number of fused-ring (bicyclic) bond motifs is 3. The first kappa shape index (κ1) is 59.3. The molecule has 42 heteroatoms. The molecule has 444 valence electrons. The fraction of sp³-hybridized carbons (Fsp3) is 0.475. The number of aliphatic hydroxyl groups excluding tert-OH is 3. The molecule has 3 saturated heterocycles. The van der Waals surface area contributed by atoms with E-state index >= 15 is 0 Å². The van der Waals surface area contributed by atoms with Crippen LogP contribution in [0.5, 0.6) is 0 Å². The topological polar surface area (TPSA) is 545 Å². The van der Waals surface area contributed by atoms with Crippen molar-refractivity contribution in [2.24, 2.45) is 5.92 Å². The van der Waals surface area contributed by atoms with E-state index in [1.54, 1.807) is 30.3 Å². The van der Waals surface area contributed by atoms with E-state index in [1.807, 2.05) is 0 Å². The molecule has 6 aromatic heterocycles. The van der Waals surface area contributed by atoms with E-state index in [1.165, 1.54) is 27.1 Å². The molecule has 0 spiro atoms. The summed E-state index contributed by atoms with van der Waals surface area (Å²) < 4.78 is 112. The Morgan fingerprint density at radius 3 is 2.01 bits per heavy atom. The van der Waals surface area contributed by atoms with Crippen LogP contribution >= 0.6 is 31.1 Å². The smallest absolute Gasteiger partial charge is 0.490 e. The normalized spacial score (nSPS) is 28.8. The van der Waals surface area contributed by atoms with Gasteiger partial charge in [-0.3, -0.25) is 42.3 Å². The lowest BCUT2D eigenvalue weighted by atomic mass is 9.99. The van der Waals surface area contributed by atoms with Crippen molar-refractivity contribution in [2.75, 3.05) is 57.8 Å². The first-order valence-corrected chi connectivity index (χ1v) is 30.1. The molecule has 7 aromatic rings. The second-order valence-electron chi connectivity index (χ2n) is 18.6. The average Bonchev–Trinajstić information content (AvgIpc) is 4.48. The van der Waals surface area contributed by atoms with E-state index in [0.29, 0.717) is 0 Å². The van der Waals surface area contributed by atoms with E-state index in [4.69, 9.17) is 54.5 Å². The van der Waals surface area contributed by atoms with Gasteiger partial charge in [0.05, 0.1) is 63.5 Å². The highest BCUT2D eigenvalue weighted by atomic mass is 31.3. The number of anilines is 3. The lowest BCUT2D eigenvalue weighted by molar-refractivity contribution is -0.746. The summed E-state index contributed by atoms with van der Waals surface area (Å²) >= 11 is 0. The highest BCUT2D eigenvalue weighted by Crippen LogP contribution is 2.68. The Kier molecular flexibility index (Phi) is 16.6. The number of aliphatic hydroxyl groups is 3. The van der Waals surface area contributed by atoms with Gasteiger partial charge in [-0.25, -0.2) is 38.2 Å². The number of ether oxygens (including phenoxy) is 5. The lowest BCUT2D eigenvalue weighted by Gasteiger charge is -2.35. The second kappa shape index (κ2) is 22.9. The maximum Gasteiger partial charge on any atom is 0.490 e. The van der Waals surface area contributed by atoms with E-state index in [2.05, 4.69) is 48.5 Å². The second-order valence-corrected chi connectivity index (χ2v) is 25.2. The number of aromatic nitrogens is 12. The summed E-state index contributed by atoms with van der Waals surface area (Å²) in [4.78, 5) is 101. The van der Waals surface area contributed by atoms with Crippen LogP contribution in [0.15, 0.2) is 65.2 Å². The number of aromatic amines is 2. The van der Waals surface area contributed by atoms with E-state index in [9.17, 15) is 62.7 Å². The quantitative estimate of drug-likeness (QED) is 0.0240. The molecule has 16 atom stereocenters. The first-order chi connectivity index (χ1) is 38.8. The molecule has 10 rings (SSSR count). The van der Waals surface area contributed by atoms with Gasteiger partial charge in [0.25, 0.3) is 17.1 Å². The number of benzene rings is 1. The van der Waals surface area contributed by atoms with Gasteiger partial charge in [-0.05, 0) is 5.56 Å². The van der Waals surface area contributed by atoms with Crippen molar-refractivity contribution in [3.8, 4) is 0 Å². The van der Waals surface area contributed by atoms with Crippen LogP contribution in [-0.4, -0.2) is 173 Å². The molecule has 14 N–H and O–H groups in total. The summed E-state index contributed by atoms with van der Waals surface area (Å²) in [7, 11) is -21.3. The molecule has 3 aliphatic rings. The monoisotopic (exact) mass is 1230 g/mol. The van der Waals surface area contributed by atoms with Crippen molar-refractivity contribution in [2.45, 2.75) is 73.6 Å². The van der Waals surface area contributed by atoms with E-state index in [0.717, 1.165) is 36.2 Å². The van der Waals surface area contributed by atoms with Gasteiger partial charge in [0.2, 0.25) is 17.7 Å². The number of H-pyrrole nitrogens is 2. The number of hydrogen-bond acceptors (Lipinski definition) is 29. The SMILES string of the molecule is COC[C@H]1[C@@H](O)[C@H]([n+]2cn(Cc3ccccc3)c3c(=O)[nH]c(N)nc32)O[C@@H]1COP(=O)(O)OP(=O)(O)OP(=O)(O)OC[C@H]1O[C@@H](n2cnc3c(N)ncnc32)[C@H](OC)[C@@H]1P(=O)([O-])OC[C@H]1O[C@@H](n2cnc3c(=O)[nH]c(N)nc32)[C@H](O)[C@@H]1O. The molecular formula is C40H51N15O23P4. The predicted molar refractivity (Wildman–Crippen MR) is 270 cm³/mol. The van der Waals surface area contributed by atoms with Crippen LogP contribution < -0.4 is 37.8 Å². The summed E-state index contributed by atoms with van der Waals surface area (Å²) in [6.07, 6.45) is -11.6. The number of hydrogen-bond donors (Lipinski definition) is 11. The fourth-order valence-corrected chi connectivity index (χ4v) is 15.0. The molecule has 0 aliphatic carbocycles. The number of rotatable bonds is 22. The van der Waals surface area contributed by atoms with Gasteiger partial charge in [0.1, 0.15) is 50.0 Å². The molecule has 0 saturated carbocycles. The van der Waals surface area contributed by atoms with E-state index < -0.39 is 135 Å². The molecule has 0 radical (unpaired) electrons. The van der Waals surface area contributed by atoms with Crippen molar-refractivity contribution < 1.29 is 104 Å². The van der Waals surface area contributed by atoms with Gasteiger partial charge in [0, 0.05) is 20.1 Å². The third-order valence-corrected chi connectivity index (χ3v) is 19.5. The summed E-state index contributed by atoms with van der Waals surface area (Å²) in [6, 6.07) is 8.97. The van der Waals surface area contributed by atoms with Gasteiger partial charge in [-0.2, -0.15) is 13.6 Å². The van der Waals surface area contributed by atoms with Crippen LogP contribution in [0.25, 0.3) is 33.5 Å². The Hall–Kier alpha value is -5.89. The number of nitrogens with two attached hydrogens (primary N) is 3. The summed E-state index contributed by atoms with van der Waals surface area (Å²) in [5, 5.41) is 33.6. The Labute approximate surface area is 457 Å². The van der Waals surface area contributed by atoms with Gasteiger partial charge in [-0.15, -0.1) is 0 Å². The van der Waals surface area contributed by atoms with Gasteiger partial charge in [-0.1, -0.05) is 35.3 Å². The van der Waals surface area contributed by atoms with E-state index in [-0.39, 0.29) is 64.4 Å². The third-order valence-electron chi connectivity index (χ3n) is 13.4. The molecule has 9 heterocycles. The van der Waals surface area contributed by atoms with Crippen molar-refractivity contribution in [3.05, 3.63) is 81.9 Å². The Morgan fingerprint density at radius 2 is 1.33 bits per heavy atom. The molecule has 0 bridgehead atoms. The maximum absolute atomic E-state index is 14.4. The van der Waals surface area contributed by atoms with Crippen molar-refractivity contribution in [1.29, 1.82) is 0 Å². The van der Waals surface area contributed by atoms with Gasteiger partial charge >= 0.3 is 29.1 Å². The molecule has 1 aromatic carbocycles. The number of nitrogens with zero attached hydrogens (tertiary/aromatic N) is 10. The molecule has 3 fully saturated rings. The standard InChI is InChI=1S/C40H51N15O23P4/c1-69-9-18-19(74-36(25(18)56)55-16-52(8-17-6-4-3-5-7-17)24-33(55)49-40(43)51-35(24)60)10-72-80(63,64)77-82(67,68)78-81(65,66)73-12-21-29(28(70-2)38(76-21)53-14-46-22-30(41)44-13-45-31(22)53)79(61,62)71-11-20-26(57)27(58)37(75-20)54-15-47-23-32(54)48-39(42)50-34(23)59/h3-7,13-16,18-21,25-29,36-38,56-58H,8-12H2,1-2H3,(H11-,41,42,43,44,45,48,49,50,51,59,60,61,62,63,64,65,66,67,68)/t18-,19-,20-,21-,25-,26-,27-,28-,29-,36-,37-,38-/m1/s1. The van der Waals surface area contributed by atoms with Crippen molar-refractivity contribution in [3.63, 3.8) is 0 Å². The maximum atomic E-state index is 14.4. The highest BCUT2D eigenvalue weighted by Gasteiger charge is 2.55. The number of phosphoric acid groups is 3. The fourth-order valence-electron chi connectivity index (χ4n) is 9.77. The van der Waals surface area contributed by atoms with Crippen molar-refractivity contribution >= 4 is 82.3 Å². The predicted octanol–water partition coefficient (Wildman–Crippen LogP) is -2.86. The summed E-state index contributed by atoms with van der Waals surface area (Å²) in [5.41, 5.74) is 14.5.